The van der Waals surface area contributed by atoms with Crippen LogP contribution in [0.25, 0.3) is 10.6 Å². The quantitative estimate of drug-likeness (QED) is 0.545. The Morgan fingerprint density at radius 3 is 2.86 bits per heavy atom. The minimum absolute atomic E-state index is 0.0401. The number of benzene rings is 1. The molecule has 4 heterocycles. The maximum Gasteiger partial charge on any atom is 0.229 e. The molecule has 3 aromatic heterocycles. The van der Waals surface area contributed by atoms with Crippen LogP contribution in [-0.4, -0.2) is 19.2 Å². The number of rotatable bonds is 2. The van der Waals surface area contributed by atoms with Gasteiger partial charge in [-0.3, -0.25) is 4.40 Å². The minimum Gasteiger partial charge on any atom is -0.422 e. The Bertz CT molecular complexity index is 1290. The fourth-order valence-electron chi connectivity index (χ4n) is 3.57. The average molecular weight is 409 g/mol. The lowest BCUT2D eigenvalue weighted by Gasteiger charge is -2.24. The molecule has 0 spiro atoms. The molecule has 0 fully saturated rings. The van der Waals surface area contributed by atoms with Crippen LogP contribution in [0, 0.1) is 18.3 Å². The third-order valence-electron chi connectivity index (χ3n) is 4.76. The summed E-state index contributed by atoms with van der Waals surface area (Å²) in [6, 6.07) is 11.8. The molecule has 0 aliphatic carbocycles. The number of nitrogens with two attached hydrogens (primary N) is 1. The van der Waals surface area contributed by atoms with Crippen molar-refractivity contribution >= 4 is 27.9 Å². The van der Waals surface area contributed by atoms with Crippen LogP contribution < -0.4 is 10.5 Å². The molecule has 9 heteroatoms. The summed E-state index contributed by atoms with van der Waals surface area (Å²) in [5.74, 6) is -0.00640. The maximum atomic E-state index is 9.82. The summed E-state index contributed by atoms with van der Waals surface area (Å²) in [4.78, 5) is 5.16. The lowest BCUT2D eigenvalue weighted by atomic mass is 9.87. The molecule has 1 atom stereocenters. The Balaban J connectivity index is 1.82. The molecule has 28 heavy (non-hydrogen) atoms. The number of aromatic nitrogens is 4. The molecule has 138 valence electrons. The van der Waals surface area contributed by atoms with Crippen LogP contribution in [0.3, 0.4) is 0 Å². The summed E-state index contributed by atoms with van der Waals surface area (Å²) in [5.41, 5.74) is 9.43. The van der Waals surface area contributed by atoms with Gasteiger partial charge in [-0.25, -0.2) is 9.67 Å². The number of hydrogen-bond donors (Lipinski definition) is 1. The fraction of sp³-hybridized carbons (Fsp3) is 0.105. The van der Waals surface area contributed by atoms with Gasteiger partial charge in [-0.1, -0.05) is 29.8 Å². The number of nitriles is 1. The second-order valence-electron chi connectivity index (χ2n) is 6.32. The predicted octanol–water partition coefficient (Wildman–Crippen LogP) is 3.76. The van der Waals surface area contributed by atoms with E-state index < -0.39 is 5.92 Å². The lowest BCUT2D eigenvalue weighted by Crippen LogP contribution is -2.23. The van der Waals surface area contributed by atoms with Crippen molar-refractivity contribution in [3.05, 3.63) is 75.5 Å². The standard InChI is InChI=1S/C19H13ClN6OS/c1-10-13-14(15-16(20)23-19-25(15)7-8-28-19)12(9-21)17(22)27-18(13)26(24-10)11-5-3-2-4-6-11/h2-8,14H,22H2,1H3. The Kier molecular flexibility index (Phi) is 3.69. The van der Waals surface area contributed by atoms with Crippen LogP contribution in [0.15, 0.2) is 53.4 Å². The van der Waals surface area contributed by atoms with Gasteiger partial charge in [0.15, 0.2) is 10.1 Å². The van der Waals surface area contributed by atoms with Crippen LogP contribution in [0.1, 0.15) is 22.9 Å². The van der Waals surface area contributed by atoms with E-state index in [1.54, 1.807) is 4.68 Å². The normalized spacial score (nSPS) is 16.1. The van der Waals surface area contributed by atoms with Gasteiger partial charge in [0.05, 0.1) is 28.6 Å². The number of allylic oxidation sites excluding steroid dienone is 1. The van der Waals surface area contributed by atoms with Crippen molar-refractivity contribution in [1.29, 1.82) is 5.26 Å². The molecule has 0 radical (unpaired) electrons. The molecule has 1 aromatic carbocycles. The van der Waals surface area contributed by atoms with Crippen LogP contribution in [0.4, 0.5) is 0 Å². The molecular weight excluding hydrogens is 396 g/mol. The van der Waals surface area contributed by atoms with Gasteiger partial charge >= 0.3 is 0 Å². The van der Waals surface area contributed by atoms with Gasteiger partial charge in [0.1, 0.15) is 11.6 Å². The van der Waals surface area contributed by atoms with E-state index in [1.807, 2.05) is 53.2 Å². The Labute approximate surface area is 168 Å². The molecule has 4 aromatic rings. The fourth-order valence-corrected chi connectivity index (χ4v) is 4.62. The van der Waals surface area contributed by atoms with E-state index in [-0.39, 0.29) is 11.5 Å². The van der Waals surface area contributed by atoms with E-state index in [0.717, 1.165) is 21.9 Å². The van der Waals surface area contributed by atoms with Gasteiger partial charge < -0.3 is 10.5 Å². The molecule has 1 aliphatic heterocycles. The second kappa shape index (κ2) is 6.12. The van der Waals surface area contributed by atoms with E-state index in [4.69, 9.17) is 22.1 Å². The zero-order valence-corrected chi connectivity index (χ0v) is 16.2. The predicted molar refractivity (Wildman–Crippen MR) is 106 cm³/mol. The summed E-state index contributed by atoms with van der Waals surface area (Å²) in [6.07, 6.45) is 1.88. The Morgan fingerprint density at radius 1 is 1.32 bits per heavy atom. The third-order valence-corrected chi connectivity index (χ3v) is 5.80. The van der Waals surface area contributed by atoms with Crippen LogP contribution >= 0.6 is 22.9 Å². The number of halogens is 1. The van der Waals surface area contributed by atoms with E-state index >= 15 is 0 Å². The zero-order chi connectivity index (χ0) is 19.4. The van der Waals surface area contributed by atoms with Crippen LogP contribution in [0.5, 0.6) is 5.88 Å². The summed E-state index contributed by atoms with van der Waals surface area (Å²) in [5, 5.41) is 16.7. The minimum atomic E-state index is -0.525. The zero-order valence-electron chi connectivity index (χ0n) is 14.6. The van der Waals surface area contributed by atoms with Crippen molar-refractivity contribution in [3.63, 3.8) is 0 Å². The highest BCUT2D eigenvalue weighted by Crippen LogP contribution is 2.46. The first-order valence-corrected chi connectivity index (χ1v) is 9.69. The topological polar surface area (TPSA) is 94.2 Å². The molecule has 1 aliphatic rings. The van der Waals surface area contributed by atoms with E-state index in [1.165, 1.54) is 11.3 Å². The molecule has 0 saturated heterocycles. The van der Waals surface area contributed by atoms with Crippen molar-refractivity contribution in [1.82, 2.24) is 19.2 Å². The Morgan fingerprint density at radius 2 is 2.11 bits per heavy atom. The Hall–Kier alpha value is -3.28. The maximum absolute atomic E-state index is 9.82. The van der Waals surface area contributed by atoms with Crippen molar-refractivity contribution in [2.24, 2.45) is 5.73 Å². The summed E-state index contributed by atoms with van der Waals surface area (Å²) >= 11 is 7.96. The molecule has 2 N–H and O–H groups in total. The summed E-state index contributed by atoms with van der Waals surface area (Å²) in [6.45, 7) is 1.88. The summed E-state index contributed by atoms with van der Waals surface area (Å²) < 4.78 is 9.45. The van der Waals surface area contributed by atoms with Gasteiger partial charge in [0, 0.05) is 11.6 Å². The third kappa shape index (κ3) is 2.27. The van der Waals surface area contributed by atoms with Gasteiger partial charge in [0.25, 0.3) is 0 Å². The molecule has 0 saturated carbocycles. The molecule has 1 unspecified atom stereocenters. The number of para-hydroxylation sites is 1. The number of fused-ring (bicyclic) bond motifs is 2. The number of imidazole rings is 1. The number of hydrogen-bond acceptors (Lipinski definition) is 6. The average Bonchev–Trinajstić information content (AvgIpc) is 3.35. The molecule has 0 amide bonds. The number of thiazole rings is 1. The molecule has 0 bridgehead atoms. The molecule has 5 rings (SSSR count). The molecular formula is C19H13ClN6OS. The first kappa shape index (κ1) is 16.9. The van der Waals surface area contributed by atoms with E-state index in [2.05, 4.69) is 16.2 Å². The van der Waals surface area contributed by atoms with Gasteiger partial charge in [-0.15, -0.1) is 11.3 Å². The van der Waals surface area contributed by atoms with E-state index in [0.29, 0.717) is 16.7 Å². The lowest BCUT2D eigenvalue weighted by molar-refractivity contribution is 0.366. The van der Waals surface area contributed by atoms with Gasteiger partial charge in [0.2, 0.25) is 11.8 Å². The first-order chi connectivity index (χ1) is 13.6. The van der Waals surface area contributed by atoms with E-state index in [9.17, 15) is 5.26 Å². The van der Waals surface area contributed by atoms with Crippen molar-refractivity contribution in [2.75, 3.05) is 0 Å². The van der Waals surface area contributed by atoms with Gasteiger partial charge in [-0.2, -0.15) is 10.4 Å². The number of aryl methyl sites for hydroxylation is 1. The van der Waals surface area contributed by atoms with Crippen LogP contribution in [0.2, 0.25) is 5.15 Å². The first-order valence-electron chi connectivity index (χ1n) is 8.43. The van der Waals surface area contributed by atoms with Crippen molar-refractivity contribution < 1.29 is 4.74 Å². The highest BCUT2D eigenvalue weighted by molar-refractivity contribution is 7.15. The van der Waals surface area contributed by atoms with Crippen LogP contribution in [-0.2, 0) is 0 Å². The largest absolute Gasteiger partial charge is 0.422 e. The number of nitrogens with zero attached hydrogens (tertiary/aromatic N) is 5. The smallest absolute Gasteiger partial charge is 0.229 e. The SMILES string of the molecule is Cc1nn(-c2ccccc2)c2c1C(c1c(Cl)nc3sccn13)C(C#N)=C(N)O2. The monoisotopic (exact) mass is 408 g/mol. The van der Waals surface area contributed by atoms with Crippen molar-refractivity contribution in [3.8, 4) is 17.6 Å². The van der Waals surface area contributed by atoms with Gasteiger partial charge in [-0.05, 0) is 19.1 Å². The number of ether oxygens (including phenoxy) is 1. The van der Waals surface area contributed by atoms with Crippen molar-refractivity contribution in [2.45, 2.75) is 12.8 Å². The second-order valence-corrected chi connectivity index (χ2v) is 7.55. The molecule has 7 nitrogen and oxygen atoms in total. The highest BCUT2D eigenvalue weighted by Gasteiger charge is 2.39. The summed E-state index contributed by atoms with van der Waals surface area (Å²) in [7, 11) is 0. The highest BCUT2D eigenvalue weighted by atomic mass is 35.5.